The Morgan fingerprint density at radius 2 is 1.41 bits per heavy atom. The molecule has 3 nitrogen and oxygen atoms in total. The fraction of sp³-hybridized carbons (Fsp3) is 0.526. The predicted molar refractivity (Wildman–Crippen MR) is 91.4 cm³/mol. The van der Waals surface area contributed by atoms with Gasteiger partial charge in [0, 0.05) is 17.2 Å². The Hall–Kier alpha value is -1.77. The fourth-order valence-corrected chi connectivity index (χ4v) is 2.31. The van der Waals surface area contributed by atoms with Crippen molar-refractivity contribution in [2.75, 3.05) is 14.2 Å². The Morgan fingerprint density at radius 1 is 0.955 bits per heavy atom. The molecule has 0 aliphatic rings. The smallest absolute Gasteiger partial charge is 0.330 e. The maximum Gasteiger partial charge on any atom is 0.330 e. The molecular formula is C19H28O3. The van der Waals surface area contributed by atoms with Gasteiger partial charge in [-0.15, -0.1) is 0 Å². The summed E-state index contributed by atoms with van der Waals surface area (Å²) in [7, 11) is 3.09. The minimum absolute atomic E-state index is 0.0551. The van der Waals surface area contributed by atoms with E-state index in [-0.39, 0.29) is 16.8 Å². The van der Waals surface area contributed by atoms with Gasteiger partial charge in [-0.3, -0.25) is 0 Å². The highest BCUT2D eigenvalue weighted by molar-refractivity contribution is 5.87. The van der Waals surface area contributed by atoms with Crippen molar-refractivity contribution in [3.05, 3.63) is 34.9 Å². The molecule has 0 saturated heterocycles. The summed E-state index contributed by atoms with van der Waals surface area (Å²) in [6.45, 7) is 12.9. The zero-order valence-electron chi connectivity index (χ0n) is 15.0. The van der Waals surface area contributed by atoms with E-state index < -0.39 is 0 Å². The molecule has 0 unspecified atom stereocenters. The molecule has 0 spiro atoms. The van der Waals surface area contributed by atoms with Crippen LogP contribution in [0.1, 0.15) is 58.2 Å². The SMILES string of the molecule is COC(=O)/C=C/c1cc(C(C)(C)C)c(OC)c(C(C)(C)C)c1. The van der Waals surface area contributed by atoms with Crippen LogP contribution in [0.4, 0.5) is 0 Å². The van der Waals surface area contributed by atoms with Crippen LogP contribution in [0.3, 0.4) is 0 Å². The number of esters is 1. The fourth-order valence-electron chi connectivity index (χ4n) is 2.31. The molecule has 1 aromatic rings. The first-order valence-corrected chi connectivity index (χ1v) is 7.49. The largest absolute Gasteiger partial charge is 0.496 e. The Balaban J connectivity index is 3.56. The zero-order chi connectivity index (χ0) is 17.1. The van der Waals surface area contributed by atoms with Crippen LogP contribution in [0.15, 0.2) is 18.2 Å². The standard InChI is InChI=1S/C19H28O3/c1-18(2,3)14-11-13(9-10-16(20)21-7)12-15(17(14)22-8)19(4,5)6/h9-12H,1-8H3/b10-9+. The minimum atomic E-state index is -0.356. The van der Waals surface area contributed by atoms with Crippen LogP contribution in [0, 0.1) is 0 Å². The van der Waals surface area contributed by atoms with Crippen LogP contribution in [-0.4, -0.2) is 20.2 Å². The van der Waals surface area contributed by atoms with Gasteiger partial charge in [-0.25, -0.2) is 4.79 Å². The second-order valence-electron chi connectivity index (χ2n) is 7.51. The molecule has 0 amide bonds. The van der Waals surface area contributed by atoms with Crippen LogP contribution in [0.5, 0.6) is 5.75 Å². The van der Waals surface area contributed by atoms with E-state index in [1.54, 1.807) is 13.2 Å². The number of rotatable bonds is 3. The van der Waals surface area contributed by atoms with Gasteiger partial charge in [0.05, 0.1) is 14.2 Å². The summed E-state index contributed by atoms with van der Waals surface area (Å²) >= 11 is 0. The van der Waals surface area contributed by atoms with Crippen LogP contribution >= 0.6 is 0 Å². The summed E-state index contributed by atoms with van der Waals surface area (Å²) in [4.78, 5) is 11.3. The summed E-state index contributed by atoms with van der Waals surface area (Å²) in [5.41, 5.74) is 3.13. The first-order valence-electron chi connectivity index (χ1n) is 7.49. The Labute approximate surface area is 134 Å². The van der Waals surface area contributed by atoms with Gasteiger partial charge in [-0.2, -0.15) is 0 Å². The molecule has 3 heteroatoms. The van der Waals surface area contributed by atoms with Gasteiger partial charge in [0.25, 0.3) is 0 Å². The minimum Gasteiger partial charge on any atom is -0.496 e. The Morgan fingerprint density at radius 3 is 1.73 bits per heavy atom. The van der Waals surface area contributed by atoms with E-state index in [1.165, 1.54) is 13.2 Å². The van der Waals surface area contributed by atoms with Crippen molar-refractivity contribution in [3.63, 3.8) is 0 Å². The molecule has 0 heterocycles. The number of hydrogen-bond acceptors (Lipinski definition) is 3. The lowest BCUT2D eigenvalue weighted by Gasteiger charge is -2.29. The van der Waals surface area contributed by atoms with Gasteiger partial charge < -0.3 is 9.47 Å². The number of benzene rings is 1. The predicted octanol–water partition coefficient (Wildman–Crippen LogP) is 4.48. The average molecular weight is 304 g/mol. The van der Waals surface area contributed by atoms with Crippen molar-refractivity contribution in [1.29, 1.82) is 0 Å². The van der Waals surface area contributed by atoms with E-state index in [9.17, 15) is 4.79 Å². The summed E-state index contributed by atoms with van der Waals surface area (Å²) in [5, 5.41) is 0. The highest BCUT2D eigenvalue weighted by Crippen LogP contribution is 2.40. The zero-order valence-corrected chi connectivity index (χ0v) is 15.0. The van der Waals surface area contributed by atoms with Gasteiger partial charge in [0.15, 0.2) is 0 Å². The number of methoxy groups -OCH3 is 2. The second-order valence-corrected chi connectivity index (χ2v) is 7.51. The van der Waals surface area contributed by atoms with Gasteiger partial charge in [0.1, 0.15) is 5.75 Å². The van der Waals surface area contributed by atoms with Gasteiger partial charge >= 0.3 is 5.97 Å². The highest BCUT2D eigenvalue weighted by Gasteiger charge is 2.27. The van der Waals surface area contributed by atoms with Crippen LogP contribution in [0.25, 0.3) is 6.08 Å². The molecule has 0 bridgehead atoms. The van der Waals surface area contributed by atoms with E-state index in [0.717, 1.165) is 22.4 Å². The third-order valence-corrected chi connectivity index (χ3v) is 3.54. The molecule has 0 aliphatic heterocycles. The molecule has 0 saturated carbocycles. The third kappa shape index (κ3) is 4.36. The van der Waals surface area contributed by atoms with Crippen LogP contribution < -0.4 is 4.74 Å². The molecule has 0 aromatic heterocycles. The molecule has 0 aliphatic carbocycles. The molecule has 0 atom stereocenters. The quantitative estimate of drug-likeness (QED) is 0.610. The highest BCUT2D eigenvalue weighted by atomic mass is 16.5. The summed E-state index contributed by atoms with van der Waals surface area (Å²) in [5.74, 6) is 0.570. The molecule has 0 radical (unpaired) electrons. The van der Waals surface area contributed by atoms with E-state index in [0.29, 0.717) is 0 Å². The molecule has 22 heavy (non-hydrogen) atoms. The maximum absolute atomic E-state index is 11.3. The summed E-state index contributed by atoms with van der Waals surface area (Å²) in [6.07, 6.45) is 3.23. The number of carbonyl (C=O) groups is 1. The lowest BCUT2D eigenvalue weighted by atomic mass is 9.78. The van der Waals surface area contributed by atoms with E-state index in [4.69, 9.17) is 4.74 Å². The number of ether oxygens (including phenoxy) is 2. The lowest BCUT2D eigenvalue weighted by molar-refractivity contribution is -0.134. The van der Waals surface area contributed by atoms with Crippen molar-refractivity contribution in [2.45, 2.75) is 52.4 Å². The van der Waals surface area contributed by atoms with E-state index >= 15 is 0 Å². The van der Waals surface area contributed by atoms with Crippen molar-refractivity contribution < 1.29 is 14.3 Å². The Bertz CT molecular complexity index is 534. The summed E-state index contributed by atoms with van der Waals surface area (Å²) < 4.78 is 10.4. The Kier molecular flexibility index (Phi) is 5.44. The maximum atomic E-state index is 11.3. The van der Waals surface area contributed by atoms with Crippen molar-refractivity contribution in [2.24, 2.45) is 0 Å². The van der Waals surface area contributed by atoms with Gasteiger partial charge in [-0.05, 0) is 34.6 Å². The van der Waals surface area contributed by atoms with Crippen LogP contribution in [0.2, 0.25) is 0 Å². The number of hydrogen-bond donors (Lipinski definition) is 0. The molecule has 1 aromatic carbocycles. The van der Waals surface area contributed by atoms with E-state index in [1.807, 2.05) is 0 Å². The normalized spacial score (nSPS) is 12.5. The van der Waals surface area contributed by atoms with Crippen molar-refractivity contribution >= 4 is 12.0 Å². The third-order valence-electron chi connectivity index (χ3n) is 3.54. The molecule has 0 fully saturated rings. The van der Waals surface area contributed by atoms with E-state index in [2.05, 4.69) is 58.4 Å². The van der Waals surface area contributed by atoms with Crippen LogP contribution in [-0.2, 0) is 20.4 Å². The average Bonchev–Trinajstić information content (AvgIpc) is 2.41. The molecular weight excluding hydrogens is 276 g/mol. The lowest BCUT2D eigenvalue weighted by Crippen LogP contribution is -2.19. The summed E-state index contributed by atoms with van der Waals surface area (Å²) in [6, 6.07) is 4.15. The van der Waals surface area contributed by atoms with Crippen molar-refractivity contribution in [1.82, 2.24) is 0 Å². The second kappa shape index (κ2) is 6.55. The van der Waals surface area contributed by atoms with Gasteiger partial charge in [0.2, 0.25) is 0 Å². The van der Waals surface area contributed by atoms with Gasteiger partial charge in [-0.1, -0.05) is 41.5 Å². The monoisotopic (exact) mass is 304 g/mol. The number of carbonyl (C=O) groups excluding carboxylic acids is 1. The molecule has 122 valence electrons. The topological polar surface area (TPSA) is 35.5 Å². The van der Waals surface area contributed by atoms with Crippen molar-refractivity contribution in [3.8, 4) is 5.75 Å². The first-order chi connectivity index (χ1) is 10.0. The molecule has 0 N–H and O–H groups in total. The molecule has 1 rings (SSSR count). The first kappa shape index (κ1) is 18.3.